The third-order valence-electron chi connectivity index (χ3n) is 4.43. The summed E-state index contributed by atoms with van der Waals surface area (Å²) < 4.78 is 44.8. The Morgan fingerprint density at radius 2 is 1.90 bits per heavy atom. The molecule has 0 N–H and O–H groups in total. The number of imidazole rings is 1. The lowest BCUT2D eigenvalue weighted by Gasteiger charge is -2.09. The predicted octanol–water partition coefficient (Wildman–Crippen LogP) is 4.27. The molecule has 0 unspecified atom stereocenters. The van der Waals surface area contributed by atoms with Gasteiger partial charge in [0.2, 0.25) is 5.78 Å². The first-order chi connectivity index (χ1) is 13.8. The van der Waals surface area contributed by atoms with Crippen LogP contribution in [-0.2, 0) is 9.84 Å². The van der Waals surface area contributed by atoms with E-state index < -0.39 is 15.7 Å². The lowest BCUT2D eigenvalue weighted by Crippen LogP contribution is -1.99. The van der Waals surface area contributed by atoms with Gasteiger partial charge in [-0.25, -0.2) is 22.8 Å². The predicted molar refractivity (Wildman–Crippen MR) is 108 cm³/mol. The molecule has 6 nitrogen and oxygen atoms in total. The molecule has 0 atom stereocenters. The highest BCUT2D eigenvalue weighted by Gasteiger charge is 2.20. The van der Waals surface area contributed by atoms with E-state index in [1.807, 2.05) is 0 Å². The van der Waals surface area contributed by atoms with Gasteiger partial charge in [0.15, 0.2) is 21.4 Å². The molecule has 0 aliphatic carbocycles. The van der Waals surface area contributed by atoms with Crippen molar-refractivity contribution in [1.29, 1.82) is 0 Å². The molecule has 0 saturated heterocycles. The molecule has 29 heavy (non-hydrogen) atoms. The zero-order valence-corrected chi connectivity index (χ0v) is 17.0. The van der Waals surface area contributed by atoms with Crippen LogP contribution in [0.1, 0.15) is 0 Å². The zero-order valence-electron chi connectivity index (χ0n) is 15.4. The van der Waals surface area contributed by atoms with Crippen molar-refractivity contribution in [1.82, 2.24) is 14.4 Å². The summed E-state index contributed by atoms with van der Waals surface area (Å²) in [5.41, 5.74) is 2.23. The second-order valence-corrected chi connectivity index (χ2v) is 8.76. The van der Waals surface area contributed by atoms with Crippen LogP contribution >= 0.6 is 11.6 Å². The van der Waals surface area contributed by atoms with Crippen LogP contribution in [0, 0.1) is 5.82 Å². The number of nitrogens with zero attached hydrogens (tertiary/aromatic N) is 3. The number of aromatic nitrogens is 3. The minimum atomic E-state index is -3.47. The van der Waals surface area contributed by atoms with Crippen molar-refractivity contribution in [3.63, 3.8) is 0 Å². The Balaban J connectivity index is 1.98. The summed E-state index contributed by atoms with van der Waals surface area (Å²) in [6.45, 7) is 0. The standard InChI is InChI=1S/C20H15ClFN3O3S/c1-28-16-6-4-12(11-15(16)22)18-19(25-9-3-8-23-20(25)24-18)13-5-7-17(14(21)10-13)29(2,26)27/h3-11H,1-2H3. The van der Waals surface area contributed by atoms with Crippen LogP contribution in [-0.4, -0.2) is 36.2 Å². The van der Waals surface area contributed by atoms with Gasteiger partial charge in [-0.3, -0.25) is 4.40 Å². The van der Waals surface area contributed by atoms with Crippen molar-refractivity contribution in [2.45, 2.75) is 4.90 Å². The second-order valence-electron chi connectivity index (χ2n) is 6.37. The Labute approximate surface area is 171 Å². The van der Waals surface area contributed by atoms with E-state index in [2.05, 4.69) is 9.97 Å². The number of hydrogen-bond donors (Lipinski definition) is 0. The van der Waals surface area contributed by atoms with E-state index in [4.69, 9.17) is 16.3 Å². The van der Waals surface area contributed by atoms with E-state index in [0.29, 0.717) is 28.3 Å². The van der Waals surface area contributed by atoms with Gasteiger partial charge in [-0.2, -0.15) is 0 Å². The van der Waals surface area contributed by atoms with Crippen LogP contribution in [0.2, 0.25) is 5.02 Å². The van der Waals surface area contributed by atoms with Crippen molar-refractivity contribution in [3.05, 3.63) is 65.7 Å². The molecule has 0 fully saturated rings. The summed E-state index contributed by atoms with van der Waals surface area (Å²) in [4.78, 5) is 8.83. The second kappa shape index (κ2) is 7.13. The Bertz CT molecular complexity index is 1350. The Morgan fingerprint density at radius 1 is 1.14 bits per heavy atom. The van der Waals surface area contributed by atoms with Crippen LogP contribution in [0.3, 0.4) is 0 Å². The van der Waals surface area contributed by atoms with Crippen LogP contribution < -0.4 is 4.74 Å². The zero-order chi connectivity index (χ0) is 20.8. The monoisotopic (exact) mass is 431 g/mol. The number of benzene rings is 2. The first-order valence-corrected chi connectivity index (χ1v) is 10.7. The summed E-state index contributed by atoms with van der Waals surface area (Å²) in [6, 6.07) is 10.9. The van der Waals surface area contributed by atoms with E-state index in [1.54, 1.807) is 41.1 Å². The molecule has 0 radical (unpaired) electrons. The Morgan fingerprint density at radius 3 is 2.55 bits per heavy atom. The molecule has 2 heterocycles. The van der Waals surface area contributed by atoms with Crippen LogP contribution in [0.5, 0.6) is 5.75 Å². The molecular weight excluding hydrogens is 417 g/mol. The van der Waals surface area contributed by atoms with Gasteiger partial charge in [0, 0.05) is 29.8 Å². The fraction of sp³-hybridized carbons (Fsp3) is 0.100. The maximum absolute atomic E-state index is 14.3. The molecule has 0 bridgehead atoms. The third-order valence-corrected chi connectivity index (χ3v) is 6.01. The van der Waals surface area contributed by atoms with E-state index in [9.17, 15) is 12.8 Å². The van der Waals surface area contributed by atoms with Gasteiger partial charge in [0.05, 0.1) is 28.4 Å². The number of sulfone groups is 1. The minimum Gasteiger partial charge on any atom is -0.494 e. The van der Waals surface area contributed by atoms with Crippen LogP contribution in [0.15, 0.2) is 59.8 Å². The normalized spacial score (nSPS) is 11.7. The first-order valence-electron chi connectivity index (χ1n) is 8.46. The van der Waals surface area contributed by atoms with Crippen LogP contribution in [0.25, 0.3) is 28.3 Å². The van der Waals surface area contributed by atoms with Crippen molar-refractivity contribution in [3.8, 4) is 28.3 Å². The van der Waals surface area contributed by atoms with Crippen molar-refractivity contribution in [2.24, 2.45) is 0 Å². The number of hydrogen-bond acceptors (Lipinski definition) is 5. The summed E-state index contributed by atoms with van der Waals surface area (Å²) in [6.07, 6.45) is 4.47. The van der Waals surface area contributed by atoms with Crippen molar-refractivity contribution in [2.75, 3.05) is 13.4 Å². The SMILES string of the molecule is COc1ccc(-c2nc3ncccn3c2-c2ccc(S(C)(=O)=O)c(Cl)c2)cc1F. The highest BCUT2D eigenvalue weighted by molar-refractivity contribution is 7.90. The molecule has 4 rings (SSSR count). The summed E-state index contributed by atoms with van der Waals surface area (Å²) in [7, 11) is -2.07. The van der Waals surface area contributed by atoms with Gasteiger partial charge in [-0.05, 0) is 36.4 Å². The summed E-state index contributed by atoms with van der Waals surface area (Å²) in [5.74, 6) is 0.0150. The van der Waals surface area contributed by atoms with E-state index in [0.717, 1.165) is 6.26 Å². The van der Waals surface area contributed by atoms with E-state index in [-0.39, 0.29) is 15.7 Å². The maximum atomic E-state index is 14.3. The molecular formula is C20H15ClFN3O3S. The van der Waals surface area contributed by atoms with Gasteiger partial charge in [-0.15, -0.1) is 0 Å². The minimum absolute atomic E-state index is 0.0342. The van der Waals surface area contributed by atoms with E-state index >= 15 is 0 Å². The molecule has 0 aliphatic heterocycles. The molecule has 0 aliphatic rings. The summed E-state index contributed by atoms with van der Waals surface area (Å²) in [5, 5.41) is 0.0932. The maximum Gasteiger partial charge on any atom is 0.234 e. The number of methoxy groups -OCH3 is 1. The molecule has 2 aromatic carbocycles. The Hall–Kier alpha value is -2.97. The average molecular weight is 432 g/mol. The van der Waals surface area contributed by atoms with Gasteiger partial charge in [0.25, 0.3) is 0 Å². The first kappa shape index (κ1) is 19.4. The lowest BCUT2D eigenvalue weighted by atomic mass is 10.0. The topological polar surface area (TPSA) is 73.6 Å². The van der Waals surface area contributed by atoms with Gasteiger partial charge in [0.1, 0.15) is 0 Å². The highest BCUT2D eigenvalue weighted by Crippen LogP contribution is 2.36. The van der Waals surface area contributed by atoms with Gasteiger partial charge >= 0.3 is 0 Å². The molecule has 9 heteroatoms. The molecule has 2 aromatic heterocycles. The van der Waals surface area contributed by atoms with Crippen molar-refractivity contribution >= 4 is 27.2 Å². The number of ether oxygens (including phenoxy) is 1. The number of rotatable bonds is 4. The molecule has 0 spiro atoms. The Kier molecular flexibility index (Phi) is 4.76. The van der Waals surface area contributed by atoms with Crippen molar-refractivity contribution < 1.29 is 17.5 Å². The fourth-order valence-corrected chi connectivity index (χ4v) is 4.46. The fourth-order valence-electron chi connectivity index (χ4n) is 3.13. The molecule has 0 saturated carbocycles. The largest absolute Gasteiger partial charge is 0.494 e. The van der Waals surface area contributed by atoms with Gasteiger partial charge in [-0.1, -0.05) is 17.7 Å². The summed E-state index contributed by atoms with van der Waals surface area (Å²) >= 11 is 6.24. The molecule has 4 aromatic rings. The average Bonchev–Trinajstić information content (AvgIpc) is 3.06. The molecule has 0 amide bonds. The highest BCUT2D eigenvalue weighted by atomic mass is 35.5. The number of fused-ring (bicyclic) bond motifs is 1. The molecule has 148 valence electrons. The van der Waals surface area contributed by atoms with Gasteiger partial charge < -0.3 is 4.74 Å². The quantitative estimate of drug-likeness (QED) is 0.482. The third kappa shape index (κ3) is 3.45. The van der Waals surface area contributed by atoms with E-state index in [1.165, 1.54) is 25.3 Å². The lowest BCUT2D eigenvalue weighted by molar-refractivity contribution is 0.386. The van der Waals surface area contributed by atoms with Crippen LogP contribution in [0.4, 0.5) is 4.39 Å². The smallest absolute Gasteiger partial charge is 0.234 e. The number of halogens is 2.